The van der Waals surface area contributed by atoms with Crippen molar-refractivity contribution in [3.8, 4) is 5.75 Å². The van der Waals surface area contributed by atoms with Crippen molar-refractivity contribution >= 4 is 5.69 Å². The maximum atomic E-state index is 10.4. The molecule has 0 heterocycles. The Morgan fingerprint density at radius 2 is 1.70 bits per heavy atom. The number of aliphatic hydroxyl groups is 1. The predicted octanol–water partition coefficient (Wildman–Crippen LogP) is 3.34. The van der Waals surface area contributed by atoms with Crippen LogP contribution in [0.4, 0.5) is 5.69 Å². The van der Waals surface area contributed by atoms with Crippen molar-refractivity contribution in [2.24, 2.45) is 0 Å². The molecule has 2 aromatic rings. The Kier molecular flexibility index (Phi) is 4.64. The van der Waals surface area contributed by atoms with Crippen LogP contribution in [-0.2, 0) is 0 Å². The molecule has 0 spiro atoms. The molecule has 1 atom stereocenters. The second-order valence-electron chi connectivity index (χ2n) is 5.19. The summed E-state index contributed by atoms with van der Waals surface area (Å²) >= 11 is 0. The van der Waals surface area contributed by atoms with Crippen LogP contribution in [0.2, 0.25) is 0 Å². The van der Waals surface area contributed by atoms with Crippen LogP contribution < -0.4 is 4.90 Å². The smallest absolute Gasteiger partial charge is 0.115 e. The van der Waals surface area contributed by atoms with Crippen LogP contribution in [0.25, 0.3) is 0 Å². The van der Waals surface area contributed by atoms with Gasteiger partial charge in [0.05, 0.1) is 6.10 Å². The summed E-state index contributed by atoms with van der Waals surface area (Å²) in [6.07, 6.45) is -0.635. The molecule has 3 nitrogen and oxygen atoms in total. The van der Waals surface area contributed by atoms with Gasteiger partial charge >= 0.3 is 0 Å². The van der Waals surface area contributed by atoms with Crippen LogP contribution in [0.1, 0.15) is 25.5 Å². The first-order valence-electron chi connectivity index (χ1n) is 6.86. The Labute approximate surface area is 120 Å². The first-order chi connectivity index (χ1) is 9.58. The molecule has 0 aliphatic carbocycles. The molecule has 2 N–H and O–H groups in total. The van der Waals surface area contributed by atoms with E-state index >= 15 is 0 Å². The summed E-state index contributed by atoms with van der Waals surface area (Å²) in [6, 6.07) is 17.1. The van der Waals surface area contributed by atoms with E-state index in [1.165, 1.54) is 0 Å². The third-order valence-electron chi connectivity index (χ3n) is 3.34. The van der Waals surface area contributed by atoms with Crippen molar-refractivity contribution in [3.63, 3.8) is 0 Å². The number of anilines is 1. The molecule has 2 aromatic carbocycles. The number of hydrogen-bond donors (Lipinski definition) is 2. The molecule has 1 unspecified atom stereocenters. The zero-order valence-corrected chi connectivity index (χ0v) is 11.9. The minimum atomic E-state index is -0.635. The lowest BCUT2D eigenvalue weighted by Gasteiger charge is -2.31. The zero-order valence-electron chi connectivity index (χ0n) is 11.9. The Hall–Kier alpha value is -2.00. The SMILES string of the molecule is CC(C)N(CC(O)c1cccc(O)c1)c1ccccc1. The molecule has 2 rings (SSSR count). The van der Waals surface area contributed by atoms with Crippen molar-refractivity contribution in [1.29, 1.82) is 0 Å². The zero-order chi connectivity index (χ0) is 14.5. The summed E-state index contributed by atoms with van der Waals surface area (Å²) < 4.78 is 0. The molecular formula is C17H21NO2. The minimum Gasteiger partial charge on any atom is -0.508 e. The van der Waals surface area contributed by atoms with Crippen molar-refractivity contribution in [2.75, 3.05) is 11.4 Å². The first kappa shape index (κ1) is 14.4. The number of hydrogen-bond acceptors (Lipinski definition) is 3. The molecule has 0 fully saturated rings. The summed E-state index contributed by atoms with van der Waals surface area (Å²) in [5.74, 6) is 0.178. The Balaban J connectivity index is 2.17. The molecule has 0 bridgehead atoms. The lowest BCUT2D eigenvalue weighted by molar-refractivity contribution is 0.181. The number of nitrogens with zero attached hydrogens (tertiary/aromatic N) is 1. The van der Waals surface area contributed by atoms with Crippen molar-refractivity contribution < 1.29 is 10.2 Å². The fraction of sp³-hybridized carbons (Fsp3) is 0.294. The van der Waals surface area contributed by atoms with E-state index < -0.39 is 6.10 Å². The van der Waals surface area contributed by atoms with Crippen molar-refractivity contribution in [1.82, 2.24) is 0 Å². The van der Waals surface area contributed by atoms with Gasteiger partial charge in [-0.3, -0.25) is 0 Å². The second kappa shape index (κ2) is 6.44. The van der Waals surface area contributed by atoms with E-state index in [-0.39, 0.29) is 11.8 Å². The van der Waals surface area contributed by atoms with Crippen molar-refractivity contribution in [3.05, 3.63) is 60.2 Å². The lowest BCUT2D eigenvalue weighted by atomic mass is 10.1. The third kappa shape index (κ3) is 3.52. The summed E-state index contributed by atoms with van der Waals surface area (Å²) in [5, 5.41) is 19.9. The Morgan fingerprint density at radius 1 is 1.00 bits per heavy atom. The molecule has 0 aliphatic rings. The molecule has 0 amide bonds. The monoisotopic (exact) mass is 271 g/mol. The highest BCUT2D eigenvalue weighted by atomic mass is 16.3. The summed E-state index contributed by atoms with van der Waals surface area (Å²) in [5.41, 5.74) is 1.81. The van der Waals surface area contributed by atoms with Gasteiger partial charge in [0, 0.05) is 18.3 Å². The number of rotatable bonds is 5. The number of phenolic OH excluding ortho intramolecular Hbond substituents is 1. The average Bonchev–Trinajstić information content (AvgIpc) is 2.45. The molecule has 0 aliphatic heterocycles. The van der Waals surface area contributed by atoms with Gasteiger partial charge in [0.15, 0.2) is 0 Å². The van der Waals surface area contributed by atoms with Crippen LogP contribution in [-0.4, -0.2) is 22.8 Å². The van der Waals surface area contributed by atoms with Gasteiger partial charge in [-0.15, -0.1) is 0 Å². The Bertz CT molecular complexity index is 540. The van der Waals surface area contributed by atoms with E-state index in [0.29, 0.717) is 6.54 Å². The number of phenols is 1. The van der Waals surface area contributed by atoms with Gasteiger partial charge in [-0.2, -0.15) is 0 Å². The molecule has 20 heavy (non-hydrogen) atoms. The number of aliphatic hydroxyl groups excluding tert-OH is 1. The second-order valence-corrected chi connectivity index (χ2v) is 5.19. The summed E-state index contributed by atoms with van der Waals surface area (Å²) in [7, 11) is 0. The van der Waals surface area contributed by atoms with E-state index in [1.807, 2.05) is 36.4 Å². The maximum absolute atomic E-state index is 10.4. The molecule has 106 valence electrons. The molecule has 0 saturated heterocycles. The van der Waals surface area contributed by atoms with Crippen LogP contribution in [0.3, 0.4) is 0 Å². The topological polar surface area (TPSA) is 43.7 Å². The summed E-state index contributed by atoms with van der Waals surface area (Å²) in [6.45, 7) is 4.69. The van der Waals surface area contributed by atoms with E-state index in [9.17, 15) is 10.2 Å². The predicted molar refractivity (Wildman–Crippen MR) is 82.0 cm³/mol. The summed E-state index contributed by atoms with van der Waals surface area (Å²) in [4.78, 5) is 2.15. The lowest BCUT2D eigenvalue weighted by Crippen LogP contribution is -2.34. The molecule has 0 radical (unpaired) electrons. The quantitative estimate of drug-likeness (QED) is 0.876. The normalized spacial score (nSPS) is 12.4. The van der Waals surface area contributed by atoms with E-state index in [4.69, 9.17) is 0 Å². The standard InChI is InChI=1S/C17H21NO2/c1-13(2)18(15-8-4-3-5-9-15)12-17(20)14-7-6-10-16(19)11-14/h3-11,13,17,19-20H,12H2,1-2H3. The third-order valence-corrected chi connectivity index (χ3v) is 3.34. The molecule has 0 aromatic heterocycles. The number of aromatic hydroxyl groups is 1. The Morgan fingerprint density at radius 3 is 2.30 bits per heavy atom. The van der Waals surface area contributed by atoms with Gasteiger partial charge < -0.3 is 15.1 Å². The van der Waals surface area contributed by atoms with Crippen LogP contribution in [0.5, 0.6) is 5.75 Å². The highest BCUT2D eigenvalue weighted by Crippen LogP contribution is 2.23. The van der Waals surface area contributed by atoms with Gasteiger partial charge in [0.25, 0.3) is 0 Å². The van der Waals surface area contributed by atoms with Crippen LogP contribution >= 0.6 is 0 Å². The first-order valence-corrected chi connectivity index (χ1v) is 6.86. The largest absolute Gasteiger partial charge is 0.508 e. The highest BCUT2D eigenvalue weighted by molar-refractivity contribution is 5.47. The van der Waals surface area contributed by atoms with Crippen LogP contribution in [0.15, 0.2) is 54.6 Å². The number of para-hydroxylation sites is 1. The highest BCUT2D eigenvalue weighted by Gasteiger charge is 2.16. The maximum Gasteiger partial charge on any atom is 0.115 e. The van der Waals surface area contributed by atoms with Crippen molar-refractivity contribution in [2.45, 2.75) is 26.0 Å². The fourth-order valence-electron chi connectivity index (χ4n) is 2.26. The molecule has 0 saturated carbocycles. The molecule has 3 heteroatoms. The van der Waals surface area contributed by atoms with E-state index in [1.54, 1.807) is 18.2 Å². The van der Waals surface area contributed by atoms with E-state index in [2.05, 4.69) is 18.7 Å². The van der Waals surface area contributed by atoms with Crippen LogP contribution in [0, 0.1) is 0 Å². The van der Waals surface area contributed by atoms with Gasteiger partial charge in [-0.1, -0.05) is 30.3 Å². The van der Waals surface area contributed by atoms with Gasteiger partial charge in [-0.25, -0.2) is 0 Å². The fourth-order valence-corrected chi connectivity index (χ4v) is 2.26. The van der Waals surface area contributed by atoms with E-state index in [0.717, 1.165) is 11.3 Å². The van der Waals surface area contributed by atoms with Gasteiger partial charge in [0.2, 0.25) is 0 Å². The molecular weight excluding hydrogens is 250 g/mol. The van der Waals surface area contributed by atoms with Gasteiger partial charge in [0.1, 0.15) is 5.75 Å². The minimum absolute atomic E-state index is 0.178. The average molecular weight is 271 g/mol. The van der Waals surface area contributed by atoms with Gasteiger partial charge in [-0.05, 0) is 43.7 Å². The number of benzene rings is 2.